The lowest BCUT2D eigenvalue weighted by Gasteiger charge is -2.21. The molecule has 0 radical (unpaired) electrons. The summed E-state index contributed by atoms with van der Waals surface area (Å²) in [6, 6.07) is 13.3. The predicted molar refractivity (Wildman–Crippen MR) is 108 cm³/mol. The molecule has 1 amide bonds. The van der Waals surface area contributed by atoms with Crippen molar-refractivity contribution in [3.05, 3.63) is 65.2 Å². The molecule has 3 aromatic heterocycles. The lowest BCUT2D eigenvalue weighted by Crippen LogP contribution is -2.30. The number of fused-ring (bicyclic) bond motifs is 1. The summed E-state index contributed by atoms with van der Waals surface area (Å²) in [5.41, 5.74) is 3.81. The fourth-order valence-corrected chi connectivity index (χ4v) is 3.48. The SMILES string of the molecule is CCN(C(=O)c1cc(-c2cc(C)oc2C)nc2onc(C)c12)c1ccccc1. The monoisotopic (exact) mass is 375 g/mol. The molecule has 142 valence electrons. The molecule has 0 atom stereocenters. The number of hydrogen-bond donors (Lipinski definition) is 0. The lowest BCUT2D eigenvalue weighted by atomic mass is 10.0. The highest BCUT2D eigenvalue weighted by Crippen LogP contribution is 2.31. The average molecular weight is 375 g/mol. The number of rotatable bonds is 4. The van der Waals surface area contributed by atoms with Crippen LogP contribution in [0, 0.1) is 20.8 Å². The first kappa shape index (κ1) is 18.0. The van der Waals surface area contributed by atoms with E-state index in [0.29, 0.717) is 34.6 Å². The first-order chi connectivity index (χ1) is 13.5. The van der Waals surface area contributed by atoms with Gasteiger partial charge in [-0.25, -0.2) is 4.98 Å². The van der Waals surface area contributed by atoms with E-state index < -0.39 is 0 Å². The summed E-state index contributed by atoms with van der Waals surface area (Å²) in [7, 11) is 0. The molecule has 0 aliphatic rings. The second-order valence-corrected chi connectivity index (χ2v) is 6.72. The summed E-state index contributed by atoms with van der Waals surface area (Å²) in [5.74, 6) is 1.41. The quantitative estimate of drug-likeness (QED) is 0.498. The van der Waals surface area contributed by atoms with Gasteiger partial charge in [-0.2, -0.15) is 0 Å². The van der Waals surface area contributed by atoms with E-state index in [1.807, 2.05) is 64.1 Å². The van der Waals surface area contributed by atoms with Crippen molar-refractivity contribution < 1.29 is 13.7 Å². The van der Waals surface area contributed by atoms with Crippen LogP contribution in [0.1, 0.15) is 34.5 Å². The molecule has 3 heterocycles. The summed E-state index contributed by atoms with van der Waals surface area (Å²) in [4.78, 5) is 19.8. The van der Waals surface area contributed by atoms with Gasteiger partial charge in [0.05, 0.1) is 22.3 Å². The van der Waals surface area contributed by atoms with Crippen molar-refractivity contribution in [3.63, 3.8) is 0 Å². The van der Waals surface area contributed by atoms with Crippen LogP contribution >= 0.6 is 0 Å². The number of carbonyl (C=O) groups excluding carboxylic acids is 1. The zero-order chi connectivity index (χ0) is 19.8. The third-order valence-corrected chi connectivity index (χ3v) is 4.79. The van der Waals surface area contributed by atoms with Gasteiger partial charge in [0.25, 0.3) is 11.6 Å². The Balaban J connectivity index is 1.91. The third kappa shape index (κ3) is 2.97. The van der Waals surface area contributed by atoms with Crippen LogP contribution in [0.5, 0.6) is 0 Å². The summed E-state index contributed by atoms with van der Waals surface area (Å²) in [5, 5.41) is 4.67. The Morgan fingerprint density at radius 1 is 1.11 bits per heavy atom. The predicted octanol–water partition coefficient (Wildman–Crippen LogP) is 5.07. The Morgan fingerprint density at radius 2 is 1.86 bits per heavy atom. The van der Waals surface area contributed by atoms with Crippen molar-refractivity contribution >= 4 is 22.7 Å². The number of hydrogen-bond acceptors (Lipinski definition) is 5. The number of benzene rings is 1. The van der Waals surface area contributed by atoms with Gasteiger partial charge >= 0.3 is 0 Å². The van der Waals surface area contributed by atoms with Crippen molar-refractivity contribution in [1.29, 1.82) is 0 Å². The fraction of sp³-hybridized carbons (Fsp3) is 0.227. The number of aryl methyl sites for hydroxylation is 3. The Bertz CT molecular complexity index is 1160. The molecular formula is C22H21N3O3. The molecular weight excluding hydrogens is 354 g/mol. The summed E-state index contributed by atoms with van der Waals surface area (Å²) in [6.45, 7) is 8.07. The Hall–Kier alpha value is -3.41. The highest BCUT2D eigenvalue weighted by molar-refractivity contribution is 6.14. The van der Waals surface area contributed by atoms with Gasteiger partial charge in [0.2, 0.25) is 0 Å². The first-order valence-electron chi connectivity index (χ1n) is 9.21. The van der Waals surface area contributed by atoms with Crippen molar-refractivity contribution in [2.24, 2.45) is 0 Å². The standard InChI is InChI=1S/C22H21N3O3/c1-5-25(16-9-7-6-8-10-16)22(26)18-12-19(17-11-13(2)27-15(17)4)23-21-20(18)14(3)24-28-21/h6-12H,5H2,1-4H3. The van der Waals surface area contributed by atoms with Crippen molar-refractivity contribution in [1.82, 2.24) is 10.1 Å². The minimum Gasteiger partial charge on any atom is -0.466 e. The van der Waals surface area contributed by atoms with Crippen LogP contribution in [-0.4, -0.2) is 22.6 Å². The van der Waals surface area contributed by atoms with Crippen molar-refractivity contribution in [3.8, 4) is 11.3 Å². The highest BCUT2D eigenvalue weighted by atomic mass is 16.5. The van der Waals surface area contributed by atoms with E-state index in [1.54, 1.807) is 11.0 Å². The molecule has 6 heteroatoms. The van der Waals surface area contributed by atoms with Gasteiger partial charge in [-0.15, -0.1) is 0 Å². The van der Waals surface area contributed by atoms with Gasteiger partial charge < -0.3 is 13.8 Å². The van der Waals surface area contributed by atoms with Crippen LogP contribution in [-0.2, 0) is 0 Å². The van der Waals surface area contributed by atoms with E-state index in [-0.39, 0.29) is 5.91 Å². The van der Waals surface area contributed by atoms with Crippen LogP contribution in [0.25, 0.3) is 22.4 Å². The topological polar surface area (TPSA) is 72.4 Å². The number of furan rings is 1. The van der Waals surface area contributed by atoms with Gasteiger partial charge in [0.1, 0.15) is 11.5 Å². The molecule has 0 saturated carbocycles. The number of anilines is 1. The molecule has 4 aromatic rings. The number of para-hydroxylation sites is 1. The minimum absolute atomic E-state index is 0.119. The van der Waals surface area contributed by atoms with Crippen LogP contribution in [0.15, 0.2) is 51.4 Å². The fourth-order valence-electron chi connectivity index (χ4n) is 3.48. The van der Waals surface area contributed by atoms with Crippen molar-refractivity contribution in [2.45, 2.75) is 27.7 Å². The number of aromatic nitrogens is 2. The van der Waals surface area contributed by atoms with E-state index in [2.05, 4.69) is 10.1 Å². The highest BCUT2D eigenvalue weighted by Gasteiger charge is 2.24. The largest absolute Gasteiger partial charge is 0.466 e. The van der Waals surface area contributed by atoms with Gasteiger partial charge in [-0.3, -0.25) is 4.79 Å². The Morgan fingerprint density at radius 3 is 2.50 bits per heavy atom. The molecule has 6 nitrogen and oxygen atoms in total. The molecule has 0 aliphatic heterocycles. The molecule has 4 rings (SSSR count). The Labute approximate surface area is 162 Å². The minimum atomic E-state index is -0.119. The van der Waals surface area contributed by atoms with E-state index in [9.17, 15) is 4.79 Å². The van der Waals surface area contributed by atoms with Crippen LogP contribution in [0.4, 0.5) is 5.69 Å². The zero-order valence-electron chi connectivity index (χ0n) is 16.3. The second kappa shape index (κ2) is 6.96. The van der Waals surface area contributed by atoms with Gasteiger partial charge in [0.15, 0.2) is 0 Å². The van der Waals surface area contributed by atoms with E-state index >= 15 is 0 Å². The summed E-state index contributed by atoms with van der Waals surface area (Å²) >= 11 is 0. The second-order valence-electron chi connectivity index (χ2n) is 6.72. The summed E-state index contributed by atoms with van der Waals surface area (Å²) < 4.78 is 11.0. The number of nitrogens with zero attached hydrogens (tertiary/aromatic N) is 3. The summed E-state index contributed by atoms with van der Waals surface area (Å²) in [6.07, 6.45) is 0. The van der Waals surface area contributed by atoms with Crippen LogP contribution in [0.2, 0.25) is 0 Å². The maximum atomic E-state index is 13.5. The van der Waals surface area contributed by atoms with Gasteiger partial charge in [0, 0.05) is 17.8 Å². The molecule has 0 unspecified atom stereocenters. The average Bonchev–Trinajstić information content (AvgIpc) is 3.24. The molecule has 0 saturated heterocycles. The molecule has 0 N–H and O–H groups in total. The molecule has 0 spiro atoms. The molecule has 1 aromatic carbocycles. The molecule has 0 bridgehead atoms. The van der Waals surface area contributed by atoms with E-state index in [1.165, 1.54) is 0 Å². The van der Waals surface area contributed by atoms with Crippen LogP contribution < -0.4 is 4.90 Å². The maximum Gasteiger partial charge on any atom is 0.259 e. The first-order valence-corrected chi connectivity index (χ1v) is 9.21. The zero-order valence-corrected chi connectivity index (χ0v) is 16.3. The van der Waals surface area contributed by atoms with Crippen molar-refractivity contribution in [2.75, 3.05) is 11.4 Å². The van der Waals surface area contributed by atoms with Crippen LogP contribution in [0.3, 0.4) is 0 Å². The third-order valence-electron chi connectivity index (χ3n) is 4.79. The van der Waals surface area contributed by atoms with E-state index in [0.717, 1.165) is 22.8 Å². The molecule has 0 fully saturated rings. The lowest BCUT2D eigenvalue weighted by molar-refractivity contribution is 0.0989. The normalized spacial score (nSPS) is 11.1. The van der Waals surface area contributed by atoms with E-state index in [4.69, 9.17) is 8.94 Å². The maximum absolute atomic E-state index is 13.5. The Kier molecular flexibility index (Phi) is 4.47. The number of amides is 1. The molecule has 0 aliphatic carbocycles. The molecule has 28 heavy (non-hydrogen) atoms. The van der Waals surface area contributed by atoms with Gasteiger partial charge in [-0.05, 0) is 52.0 Å². The number of pyridine rings is 1. The smallest absolute Gasteiger partial charge is 0.259 e. The number of carbonyl (C=O) groups is 1. The van der Waals surface area contributed by atoms with Gasteiger partial charge in [-0.1, -0.05) is 23.4 Å².